The molecule has 0 saturated heterocycles. The zero-order valence-electron chi connectivity index (χ0n) is 8.33. The molecule has 0 atom stereocenters. The molecule has 0 aromatic carbocycles. The lowest BCUT2D eigenvalue weighted by atomic mass is 10.1. The van der Waals surface area contributed by atoms with E-state index in [-0.39, 0.29) is 0 Å². The zero-order chi connectivity index (χ0) is 10.6. The second-order valence-electron chi connectivity index (χ2n) is 3.12. The summed E-state index contributed by atoms with van der Waals surface area (Å²) in [5.41, 5.74) is 19.2. The lowest BCUT2D eigenvalue weighted by Crippen LogP contribution is -2.01. The monoisotopic (exact) mass is 192 g/mol. The van der Waals surface area contributed by atoms with E-state index in [0.29, 0.717) is 18.1 Å². The van der Waals surface area contributed by atoms with Gasteiger partial charge in [0.25, 0.3) is 0 Å². The van der Waals surface area contributed by atoms with Crippen molar-refractivity contribution in [1.82, 2.24) is 4.98 Å². The average molecular weight is 192 g/mol. The number of nitrogen functional groups attached to an aromatic ring is 2. The van der Waals surface area contributed by atoms with Gasteiger partial charge in [-0.3, -0.25) is 0 Å². The molecule has 1 heterocycles. The van der Waals surface area contributed by atoms with Crippen molar-refractivity contribution in [2.24, 2.45) is 5.73 Å². The molecule has 1 aromatic rings. The maximum absolute atomic E-state index is 5.74. The minimum Gasteiger partial charge on any atom is -0.396 e. The Morgan fingerprint density at radius 1 is 1.43 bits per heavy atom. The Balaban J connectivity index is 2.94. The SMILES string of the molecule is Cc1c(C=CCCN)cnc(N)c1N. The van der Waals surface area contributed by atoms with Crippen LogP contribution in [-0.4, -0.2) is 11.5 Å². The van der Waals surface area contributed by atoms with E-state index in [0.717, 1.165) is 17.5 Å². The van der Waals surface area contributed by atoms with Crippen molar-refractivity contribution in [2.45, 2.75) is 13.3 Å². The standard InChI is InChI=1S/C10H16N4/c1-7-8(4-2-3-5-11)6-14-10(13)9(7)12/h2,4,6H,3,5,11-12H2,1H3,(H2,13,14). The van der Waals surface area contributed by atoms with E-state index in [1.165, 1.54) is 0 Å². The van der Waals surface area contributed by atoms with Gasteiger partial charge in [0.15, 0.2) is 0 Å². The van der Waals surface area contributed by atoms with E-state index in [1.807, 2.05) is 19.1 Å². The highest BCUT2D eigenvalue weighted by molar-refractivity contribution is 5.69. The molecule has 1 aromatic heterocycles. The van der Waals surface area contributed by atoms with Crippen LogP contribution in [-0.2, 0) is 0 Å². The largest absolute Gasteiger partial charge is 0.396 e. The van der Waals surface area contributed by atoms with Crippen molar-refractivity contribution >= 4 is 17.6 Å². The Bertz CT molecular complexity index is 344. The highest BCUT2D eigenvalue weighted by atomic mass is 14.9. The third-order valence-corrected chi connectivity index (χ3v) is 2.09. The molecule has 4 heteroatoms. The van der Waals surface area contributed by atoms with E-state index in [1.54, 1.807) is 6.20 Å². The summed E-state index contributed by atoms with van der Waals surface area (Å²) in [7, 11) is 0. The molecule has 76 valence electrons. The quantitative estimate of drug-likeness (QED) is 0.664. The number of aromatic nitrogens is 1. The van der Waals surface area contributed by atoms with E-state index >= 15 is 0 Å². The molecule has 4 nitrogen and oxygen atoms in total. The van der Waals surface area contributed by atoms with Crippen LogP contribution in [0.4, 0.5) is 11.5 Å². The summed E-state index contributed by atoms with van der Waals surface area (Å²) < 4.78 is 0. The van der Waals surface area contributed by atoms with Gasteiger partial charge in [0.2, 0.25) is 0 Å². The molecule has 1 rings (SSSR count). The first kappa shape index (κ1) is 10.5. The molecule has 14 heavy (non-hydrogen) atoms. The fourth-order valence-electron chi connectivity index (χ4n) is 1.13. The molecule has 0 unspecified atom stereocenters. The maximum Gasteiger partial charge on any atom is 0.146 e. The molecule has 0 fully saturated rings. The zero-order valence-corrected chi connectivity index (χ0v) is 8.33. The topological polar surface area (TPSA) is 90.9 Å². The molecule has 0 saturated carbocycles. The minimum absolute atomic E-state index is 0.387. The molecular formula is C10H16N4. The van der Waals surface area contributed by atoms with Gasteiger partial charge in [-0.25, -0.2) is 4.98 Å². The summed E-state index contributed by atoms with van der Waals surface area (Å²) in [5.74, 6) is 0.387. The molecule has 0 radical (unpaired) electrons. The van der Waals surface area contributed by atoms with Gasteiger partial charge in [-0.2, -0.15) is 0 Å². The predicted octanol–water partition coefficient (Wildman–Crippen LogP) is 0.916. The van der Waals surface area contributed by atoms with Gasteiger partial charge in [-0.05, 0) is 31.0 Å². The molecule has 0 aliphatic carbocycles. The summed E-state index contributed by atoms with van der Waals surface area (Å²) in [6.07, 6.45) is 6.53. The molecule has 0 amide bonds. The molecular weight excluding hydrogens is 176 g/mol. The smallest absolute Gasteiger partial charge is 0.146 e. The van der Waals surface area contributed by atoms with Crippen molar-refractivity contribution < 1.29 is 0 Å². The highest BCUT2D eigenvalue weighted by Crippen LogP contribution is 2.21. The van der Waals surface area contributed by atoms with Gasteiger partial charge in [-0.15, -0.1) is 0 Å². The van der Waals surface area contributed by atoms with Crippen molar-refractivity contribution in [3.63, 3.8) is 0 Å². The third kappa shape index (κ3) is 2.23. The number of anilines is 2. The van der Waals surface area contributed by atoms with Crippen LogP contribution in [0.2, 0.25) is 0 Å². The molecule has 0 spiro atoms. The van der Waals surface area contributed by atoms with Crippen LogP contribution < -0.4 is 17.2 Å². The Kier molecular flexibility index (Phi) is 3.48. The average Bonchev–Trinajstić information content (AvgIpc) is 2.18. The first-order chi connectivity index (χ1) is 6.66. The van der Waals surface area contributed by atoms with E-state index < -0.39 is 0 Å². The summed E-state index contributed by atoms with van der Waals surface area (Å²) in [4.78, 5) is 3.99. The molecule has 6 N–H and O–H groups in total. The van der Waals surface area contributed by atoms with E-state index in [9.17, 15) is 0 Å². The molecule has 0 aliphatic rings. The van der Waals surface area contributed by atoms with Crippen LogP contribution in [0.3, 0.4) is 0 Å². The van der Waals surface area contributed by atoms with Gasteiger partial charge in [-0.1, -0.05) is 12.2 Å². The van der Waals surface area contributed by atoms with Crippen LogP contribution in [0.15, 0.2) is 12.3 Å². The lowest BCUT2D eigenvalue weighted by Gasteiger charge is -2.05. The van der Waals surface area contributed by atoms with Crippen LogP contribution in [0.25, 0.3) is 6.08 Å². The Labute approximate surface area is 83.8 Å². The predicted molar refractivity (Wildman–Crippen MR) is 60.5 cm³/mol. The van der Waals surface area contributed by atoms with Crippen LogP contribution in [0, 0.1) is 6.92 Å². The number of hydrogen-bond donors (Lipinski definition) is 3. The molecule has 0 aliphatic heterocycles. The summed E-state index contributed by atoms with van der Waals surface area (Å²) >= 11 is 0. The van der Waals surface area contributed by atoms with Gasteiger partial charge in [0.1, 0.15) is 5.82 Å². The highest BCUT2D eigenvalue weighted by Gasteiger charge is 2.02. The summed E-state index contributed by atoms with van der Waals surface area (Å²) in [5, 5.41) is 0. The maximum atomic E-state index is 5.74. The first-order valence-corrected chi connectivity index (χ1v) is 4.54. The number of nitrogens with zero attached hydrogens (tertiary/aromatic N) is 1. The van der Waals surface area contributed by atoms with Crippen molar-refractivity contribution in [2.75, 3.05) is 18.0 Å². The summed E-state index contributed by atoms with van der Waals surface area (Å²) in [6.45, 7) is 2.57. The Hall–Kier alpha value is -1.55. The molecule has 0 bridgehead atoms. The Morgan fingerprint density at radius 2 is 2.14 bits per heavy atom. The number of nitrogens with two attached hydrogens (primary N) is 3. The van der Waals surface area contributed by atoms with Gasteiger partial charge in [0, 0.05) is 6.20 Å². The van der Waals surface area contributed by atoms with Crippen LogP contribution >= 0.6 is 0 Å². The van der Waals surface area contributed by atoms with E-state index in [2.05, 4.69) is 4.98 Å². The number of pyridine rings is 1. The number of hydrogen-bond acceptors (Lipinski definition) is 4. The first-order valence-electron chi connectivity index (χ1n) is 4.54. The summed E-state index contributed by atoms with van der Waals surface area (Å²) in [6, 6.07) is 0. The second-order valence-corrected chi connectivity index (χ2v) is 3.12. The Morgan fingerprint density at radius 3 is 2.79 bits per heavy atom. The van der Waals surface area contributed by atoms with Crippen molar-refractivity contribution in [1.29, 1.82) is 0 Å². The van der Waals surface area contributed by atoms with Crippen LogP contribution in [0.5, 0.6) is 0 Å². The fraction of sp³-hybridized carbons (Fsp3) is 0.300. The lowest BCUT2D eigenvalue weighted by molar-refractivity contribution is 1.01. The minimum atomic E-state index is 0.387. The van der Waals surface area contributed by atoms with Crippen LogP contribution in [0.1, 0.15) is 17.5 Å². The van der Waals surface area contributed by atoms with E-state index in [4.69, 9.17) is 17.2 Å². The van der Waals surface area contributed by atoms with Gasteiger partial charge >= 0.3 is 0 Å². The van der Waals surface area contributed by atoms with Crippen molar-refractivity contribution in [3.8, 4) is 0 Å². The van der Waals surface area contributed by atoms with Gasteiger partial charge < -0.3 is 17.2 Å². The third-order valence-electron chi connectivity index (χ3n) is 2.09. The second kappa shape index (κ2) is 4.62. The van der Waals surface area contributed by atoms with Gasteiger partial charge in [0.05, 0.1) is 5.69 Å². The van der Waals surface area contributed by atoms with Crippen molar-refractivity contribution in [3.05, 3.63) is 23.4 Å². The fourth-order valence-corrected chi connectivity index (χ4v) is 1.13. The number of rotatable bonds is 3. The normalized spacial score (nSPS) is 11.0.